The minimum atomic E-state index is -0.666. The third-order valence-electron chi connectivity index (χ3n) is 5.01. The molecule has 2 aliphatic carbocycles. The molecular weight excluding hydrogens is 240 g/mol. The third-order valence-corrected chi connectivity index (χ3v) is 5.01. The lowest BCUT2D eigenvalue weighted by atomic mass is 9.57. The van der Waals surface area contributed by atoms with Gasteiger partial charge < -0.3 is 9.84 Å². The summed E-state index contributed by atoms with van der Waals surface area (Å²) in [6, 6.07) is 5.95. The van der Waals surface area contributed by atoms with Crippen molar-refractivity contribution < 1.29 is 14.6 Å². The van der Waals surface area contributed by atoms with Gasteiger partial charge in [0.1, 0.15) is 5.75 Å². The number of hydrogen-bond acceptors (Lipinski definition) is 2. The maximum absolute atomic E-state index is 12.0. The van der Waals surface area contributed by atoms with E-state index in [0.29, 0.717) is 5.92 Å². The van der Waals surface area contributed by atoms with Crippen molar-refractivity contribution in [3.05, 3.63) is 29.3 Å². The largest absolute Gasteiger partial charge is 0.497 e. The number of rotatable bonds is 2. The Hall–Kier alpha value is -1.51. The molecule has 1 aromatic rings. The number of carboxylic acid groups (broad SMARTS) is 1. The van der Waals surface area contributed by atoms with Crippen LogP contribution in [0.15, 0.2) is 18.2 Å². The number of carbonyl (C=O) groups is 1. The topological polar surface area (TPSA) is 46.5 Å². The summed E-state index contributed by atoms with van der Waals surface area (Å²) in [5.41, 5.74) is 1.54. The van der Waals surface area contributed by atoms with E-state index < -0.39 is 11.4 Å². The molecule has 0 saturated heterocycles. The molecule has 1 N–H and O–H groups in total. The van der Waals surface area contributed by atoms with Crippen LogP contribution < -0.4 is 4.74 Å². The Kier molecular flexibility index (Phi) is 3.00. The van der Waals surface area contributed by atoms with Crippen LogP contribution in [0.5, 0.6) is 5.75 Å². The summed E-state index contributed by atoms with van der Waals surface area (Å²) in [7, 11) is 1.64. The van der Waals surface area contributed by atoms with Crippen LogP contribution in [0, 0.1) is 5.92 Å². The molecule has 3 heteroatoms. The molecule has 0 amide bonds. The quantitative estimate of drug-likeness (QED) is 0.888. The molecule has 0 aliphatic heterocycles. The van der Waals surface area contributed by atoms with Crippen molar-refractivity contribution in [1.82, 2.24) is 0 Å². The van der Waals surface area contributed by atoms with E-state index in [-0.39, 0.29) is 0 Å². The summed E-state index contributed by atoms with van der Waals surface area (Å²) < 4.78 is 5.29. The average Bonchev–Trinajstić information content (AvgIpc) is 2.46. The van der Waals surface area contributed by atoms with Gasteiger partial charge in [0.15, 0.2) is 0 Å². The highest BCUT2D eigenvalue weighted by Crippen LogP contribution is 2.51. The van der Waals surface area contributed by atoms with Crippen molar-refractivity contribution >= 4 is 5.97 Å². The molecule has 0 radical (unpaired) electrons. The molecule has 102 valence electrons. The second-order valence-corrected chi connectivity index (χ2v) is 5.78. The Morgan fingerprint density at radius 2 is 2.21 bits per heavy atom. The van der Waals surface area contributed by atoms with Gasteiger partial charge in [0, 0.05) is 0 Å². The SMILES string of the molecule is COc1ccc2c(c1)[C@@]1(C(=O)O)CCCC[C@H]1CC2. The first-order valence-electron chi connectivity index (χ1n) is 7.09. The van der Waals surface area contributed by atoms with Gasteiger partial charge in [0.2, 0.25) is 0 Å². The predicted molar refractivity (Wildman–Crippen MR) is 72.6 cm³/mol. The van der Waals surface area contributed by atoms with Crippen LogP contribution >= 0.6 is 0 Å². The van der Waals surface area contributed by atoms with Gasteiger partial charge in [-0.05, 0) is 54.9 Å². The summed E-state index contributed by atoms with van der Waals surface area (Å²) in [6.45, 7) is 0. The molecule has 3 rings (SSSR count). The van der Waals surface area contributed by atoms with Crippen LogP contribution in [-0.2, 0) is 16.6 Å². The second-order valence-electron chi connectivity index (χ2n) is 5.78. The lowest BCUT2D eigenvalue weighted by Gasteiger charge is -2.45. The Bertz CT molecular complexity index is 509. The maximum atomic E-state index is 12.0. The minimum Gasteiger partial charge on any atom is -0.497 e. The van der Waals surface area contributed by atoms with Gasteiger partial charge in [-0.25, -0.2) is 0 Å². The normalized spacial score (nSPS) is 29.2. The van der Waals surface area contributed by atoms with E-state index >= 15 is 0 Å². The van der Waals surface area contributed by atoms with Crippen molar-refractivity contribution in [1.29, 1.82) is 0 Å². The smallest absolute Gasteiger partial charge is 0.314 e. The van der Waals surface area contributed by atoms with Crippen LogP contribution in [0.25, 0.3) is 0 Å². The molecule has 0 bridgehead atoms. The third kappa shape index (κ3) is 1.75. The van der Waals surface area contributed by atoms with Gasteiger partial charge in [0.05, 0.1) is 12.5 Å². The summed E-state index contributed by atoms with van der Waals surface area (Å²) >= 11 is 0. The first-order chi connectivity index (χ1) is 9.18. The monoisotopic (exact) mass is 260 g/mol. The van der Waals surface area contributed by atoms with Gasteiger partial charge in [-0.3, -0.25) is 4.79 Å². The minimum absolute atomic E-state index is 0.290. The van der Waals surface area contributed by atoms with Gasteiger partial charge in [0.25, 0.3) is 0 Å². The Morgan fingerprint density at radius 1 is 1.37 bits per heavy atom. The van der Waals surface area contributed by atoms with Crippen LogP contribution in [0.1, 0.15) is 43.2 Å². The number of aliphatic carboxylic acids is 1. The first kappa shape index (κ1) is 12.5. The highest BCUT2D eigenvalue weighted by atomic mass is 16.5. The number of fused-ring (bicyclic) bond motifs is 3. The van der Waals surface area contributed by atoms with Crippen molar-refractivity contribution in [2.45, 2.75) is 43.9 Å². The highest BCUT2D eigenvalue weighted by molar-refractivity contribution is 5.83. The van der Waals surface area contributed by atoms with E-state index in [1.165, 1.54) is 12.0 Å². The molecular formula is C16H20O3. The standard InChI is InChI=1S/C16H20O3/c1-19-13-8-6-11-5-7-12-4-2-3-9-16(12,15(17)18)14(11)10-13/h6,8,10,12H,2-5,7,9H2,1H3,(H,17,18)/t12-,16+/m0/s1. The zero-order valence-electron chi connectivity index (χ0n) is 11.3. The molecule has 0 heterocycles. The summed E-state index contributed by atoms with van der Waals surface area (Å²) in [4.78, 5) is 12.0. The van der Waals surface area contributed by atoms with Gasteiger partial charge in [-0.1, -0.05) is 18.9 Å². The lowest BCUT2D eigenvalue weighted by molar-refractivity contribution is -0.148. The van der Waals surface area contributed by atoms with Gasteiger partial charge in [-0.2, -0.15) is 0 Å². The molecule has 1 saturated carbocycles. The molecule has 1 aromatic carbocycles. The van der Waals surface area contributed by atoms with Crippen LogP contribution in [0.4, 0.5) is 0 Å². The van der Waals surface area contributed by atoms with E-state index in [1.54, 1.807) is 7.11 Å². The second kappa shape index (κ2) is 4.55. The number of aryl methyl sites for hydroxylation is 1. The van der Waals surface area contributed by atoms with E-state index in [0.717, 1.165) is 43.4 Å². The van der Waals surface area contributed by atoms with Crippen LogP contribution in [-0.4, -0.2) is 18.2 Å². The molecule has 2 atom stereocenters. The molecule has 0 unspecified atom stereocenters. The molecule has 3 nitrogen and oxygen atoms in total. The predicted octanol–water partition coefficient (Wildman–Crippen LogP) is 3.15. The Balaban J connectivity index is 2.17. The fraction of sp³-hybridized carbons (Fsp3) is 0.562. The zero-order valence-corrected chi connectivity index (χ0v) is 11.3. The van der Waals surface area contributed by atoms with Crippen LogP contribution in [0.3, 0.4) is 0 Å². The van der Waals surface area contributed by atoms with E-state index in [2.05, 4.69) is 0 Å². The zero-order chi connectivity index (χ0) is 13.5. The number of hydrogen-bond donors (Lipinski definition) is 1. The van der Waals surface area contributed by atoms with E-state index in [1.807, 2.05) is 18.2 Å². The number of ether oxygens (including phenoxy) is 1. The fourth-order valence-electron chi connectivity index (χ4n) is 4.03. The fourth-order valence-corrected chi connectivity index (χ4v) is 4.03. The van der Waals surface area contributed by atoms with Crippen molar-refractivity contribution in [2.75, 3.05) is 7.11 Å². The maximum Gasteiger partial charge on any atom is 0.314 e. The molecule has 0 spiro atoms. The average molecular weight is 260 g/mol. The van der Waals surface area contributed by atoms with Crippen LogP contribution in [0.2, 0.25) is 0 Å². The molecule has 19 heavy (non-hydrogen) atoms. The molecule has 1 fully saturated rings. The first-order valence-corrected chi connectivity index (χ1v) is 7.09. The van der Waals surface area contributed by atoms with Crippen molar-refractivity contribution in [2.24, 2.45) is 5.92 Å². The summed E-state index contributed by atoms with van der Waals surface area (Å²) in [6.07, 6.45) is 6.00. The van der Waals surface area contributed by atoms with Gasteiger partial charge >= 0.3 is 5.97 Å². The highest BCUT2D eigenvalue weighted by Gasteiger charge is 2.51. The van der Waals surface area contributed by atoms with Gasteiger partial charge in [-0.15, -0.1) is 0 Å². The van der Waals surface area contributed by atoms with Crippen molar-refractivity contribution in [3.63, 3.8) is 0 Å². The number of carboxylic acids is 1. The number of methoxy groups -OCH3 is 1. The Labute approximate surface area is 113 Å². The van der Waals surface area contributed by atoms with E-state index in [4.69, 9.17) is 4.74 Å². The molecule has 0 aromatic heterocycles. The summed E-state index contributed by atoms with van der Waals surface area (Å²) in [5.74, 6) is 0.412. The Morgan fingerprint density at radius 3 is 2.95 bits per heavy atom. The molecule has 2 aliphatic rings. The summed E-state index contributed by atoms with van der Waals surface area (Å²) in [5, 5.41) is 9.89. The lowest BCUT2D eigenvalue weighted by Crippen LogP contribution is -2.48. The number of benzene rings is 1. The van der Waals surface area contributed by atoms with Crippen molar-refractivity contribution in [3.8, 4) is 5.75 Å². The van der Waals surface area contributed by atoms with E-state index in [9.17, 15) is 9.90 Å².